The first-order chi connectivity index (χ1) is 20.7. The van der Waals surface area contributed by atoms with E-state index in [0.29, 0.717) is 33.6 Å². The van der Waals surface area contributed by atoms with Gasteiger partial charge in [0.2, 0.25) is 0 Å². The fourth-order valence-electron chi connectivity index (χ4n) is 4.48. The van der Waals surface area contributed by atoms with Crippen LogP contribution in [0.1, 0.15) is 5.56 Å². The van der Waals surface area contributed by atoms with E-state index in [1.807, 2.05) is 0 Å². The van der Waals surface area contributed by atoms with Crippen LogP contribution in [0.25, 0.3) is 10.8 Å². The fraction of sp³-hybridized carbons (Fsp3) is 0.226. The number of sulfonamides is 1. The molecule has 4 aromatic carbocycles. The quantitative estimate of drug-likeness (QED) is 0.208. The van der Waals surface area contributed by atoms with Crippen molar-refractivity contribution in [3.8, 4) is 28.7 Å². The van der Waals surface area contributed by atoms with E-state index in [9.17, 15) is 18.0 Å². The average molecular weight is 610 g/mol. The third-order valence-electron chi connectivity index (χ3n) is 6.60. The minimum Gasteiger partial charge on any atom is -0.496 e. The van der Waals surface area contributed by atoms with E-state index in [0.717, 1.165) is 4.31 Å². The zero-order chi connectivity index (χ0) is 31.1. The van der Waals surface area contributed by atoms with Gasteiger partial charge in [-0.25, -0.2) is 8.42 Å². The molecule has 0 aliphatic rings. The van der Waals surface area contributed by atoms with Gasteiger partial charge in [0.15, 0.2) is 4.90 Å². The third kappa shape index (κ3) is 6.44. The standard InChI is InChI=1S/C31H31NO10S/c1-37-21-17-27(38-2)31(28(18-21)39-3)43(35,36)32(19-30(34)41-5)24-14-15-26(23-12-8-7-11-22(23)24)42-25-13-9-6-10-20(25)16-29(33)40-4/h6-15,17-18H,16,19H2,1-5H3. The molecule has 0 aliphatic heterocycles. The van der Waals surface area contributed by atoms with Crippen LogP contribution in [0.2, 0.25) is 0 Å². The Hall–Kier alpha value is -4.97. The van der Waals surface area contributed by atoms with Gasteiger partial charge in [0.05, 0.1) is 47.7 Å². The van der Waals surface area contributed by atoms with E-state index in [4.69, 9.17) is 28.4 Å². The van der Waals surface area contributed by atoms with E-state index in [1.165, 1.54) is 53.7 Å². The van der Waals surface area contributed by atoms with Gasteiger partial charge in [-0.15, -0.1) is 0 Å². The summed E-state index contributed by atoms with van der Waals surface area (Å²) in [6, 6.07) is 19.9. The zero-order valence-corrected chi connectivity index (χ0v) is 25.1. The summed E-state index contributed by atoms with van der Waals surface area (Å²) in [4.78, 5) is 24.3. The van der Waals surface area contributed by atoms with Crippen molar-refractivity contribution in [2.75, 3.05) is 46.4 Å². The summed E-state index contributed by atoms with van der Waals surface area (Å²) in [6.45, 7) is -0.649. The second-order valence-corrected chi connectivity index (χ2v) is 10.8. The molecule has 0 aromatic heterocycles. The third-order valence-corrected chi connectivity index (χ3v) is 8.43. The first kappa shape index (κ1) is 31.0. The number of carbonyl (C=O) groups is 2. The molecular formula is C31H31NO10S. The van der Waals surface area contributed by atoms with Crippen LogP contribution < -0.4 is 23.3 Å². The summed E-state index contributed by atoms with van der Waals surface area (Å²) >= 11 is 0. The predicted molar refractivity (Wildman–Crippen MR) is 159 cm³/mol. The second kappa shape index (κ2) is 13.3. The summed E-state index contributed by atoms with van der Waals surface area (Å²) in [5, 5.41) is 1.01. The Kier molecular flexibility index (Phi) is 9.61. The van der Waals surface area contributed by atoms with Crippen LogP contribution in [-0.2, 0) is 35.5 Å². The van der Waals surface area contributed by atoms with Gasteiger partial charge in [-0.05, 0) is 18.2 Å². The van der Waals surface area contributed by atoms with Crippen LogP contribution in [0.4, 0.5) is 5.69 Å². The van der Waals surface area contributed by atoms with Crippen molar-refractivity contribution in [2.45, 2.75) is 11.3 Å². The van der Waals surface area contributed by atoms with E-state index < -0.39 is 28.5 Å². The van der Waals surface area contributed by atoms with E-state index in [-0.39, 0.29) is 28.5 Å². The van der Waals surface area contributed by atoms with Crippen molar-refractivity contribution in [3.05, 3.63) is 78.4 Å². The van der Waals surface area contributed by atoms with Gasteiger partial charge in [-0.1, -0.05) is 42.5 Å². The number of fused-ring (bicyclic) bond motifs is 1. The van der Waals surface area contributed by atoms with Crippen molar-refractivity contribution >= 4 is 38.4 Å². The molecule has 12 heteroatoms. The number of esters is 2. The summed E-state index contributed by atoms with van der Waals surface area (Å²) in [5.41, 5.74) is 0.784. The SMILES string of the molecule is COC(=O)Cc1ccccc1Oc1ccc(N(CC(=O)OC)S(=O)(=O)c2c(OC)cc(OC)cc2OC)c2ccccc12. The van der Waals surface area contributed by atoms with Crippen molar-refractivity contribution in [2.24, 2.45) is 0 Å². The Morgan fingerprint density at radius 2 is 1.28 bits per heavy atom. The van der Waals surface area contributed by atoms with Gasteiger partial charge < -0.3 is 28.4 Å². The normalized spacial score (nSPS) is 11.0. The highest BCUT2D eigenvalue weighted by Gasteiger charge is 2.35. The van der Waals surface area contributed by atoms with E-state index in [2.05, 4.69) is 0 Å². The maximum atomic E-state index is 14.4. The number of anilines is 1. The van der Waals surface area contributed by atoms with Crippen molar-refractivity contribution in [3.63, 3.8) is 0 Å². The Bertz CT molecular complexity index is 1730. The number of hydrogen-bond acceptors (Lipinski definition) is 10. The molecule has 0 aliphatic carbocycles. The van der Waals surface area contributed by atoms with Crippen LogP contribution in [-0.4, -0.2) is 62.5 Å². The van der Waals surface area contributed by atoms with Crippen LogP contribution in [0.15, 0.2) is 77.7 Å². The number of rotatable bonds is 12. The lowest BCUT2D eigenvalue weighted by molar-refractivity contribution is -0.140. The second-order valence-electron chi connectivity index (χ2n) is 9.04. The highest BCUT2D eigenvalue weighted by atomic mass is 32.2. The number of ether oxygens (including phenoxy) is 6. The number of nitrogens with zero attached hydrogens (tertiary/aromatic N) is 1. The molecule has 0 saturated carbocycles. The highest BCUT2D eigenvalue weighted by molar-refractivity contribution is 7.93. The van der Waals surface area contributed by atoms with Crippen LogP contribution in [0.5, 0.6) is 28.7 Å². The molecule has 0 bridgehead atoms. The Labute approximate surface area is 249 Å². The zero-order valence-electron chi connectivity index (χ0n) is 24.3. The Balaban J connectivity index is 1.90. The van der Waals surface area contributed by atoms with Crippen molar-refractivity contribution in [1.29, 1.82) is 0 Å². The molecule has 0 unspecified atom stereocenters. The molecule has 226 valence electrons. The molecule has 0 spiro atoms. The highest BCUT2D eigenvalue weighted by Crippen LogP contribution is 2.43. The van der Waals surface area contributed by atoms with Crippen molar-refractivity contribution < 1.29 is 46.4 Å². The predicted octanol–water partition coefficient (Wildman–Crippen LogP) is 4.74. The Morgan fingerprint density at radius 1 is 0.674 bits per heavy atom. The van der Waals surface area contributed by atoms with Gasteiger partial charge >= 0.3 is 11.9 Å². The molecule has 0 atom stereocenters. The largest absolute Gasteiger partial charge is 0.496 e. The van der Waals surface area contributed by atoms with Gasteiger partial charge in [-0.2, -0.15) is 0 Å². The number of hydrogen-bond donors (Lipinski definition) is 0. The molecule has 4 aromatic rings. The van der Waals surface area contributed by atoms with Gasteiger partial charge in [-0.3, -0.25) is 13.9 Å². The summed E-state index contributed by atoms with van der Waals surface area (Å²) < 4.78 is 61.7. The number of carbonyl (C=O) groups excluding carboxylic acids is 2. The van der Waals surface area contributed by atoms with Crippen molar-refractivity contribution in [1.82, 2.24) is 0 Å². The van der Waals surface area contributed by atoms with Gasteiger partial charge in [0.1, 0.15) is 35.3 Å². The maximum absolute atomic E-state index is 14.4. The molecule has 43 heavy (non-hydrogen) atoms. The molecule has 4 rings (SSSR count). The van der Waals surface area contributed by atoms with E-state index in [1.54, 1.807) is 54.6 Å². The smallest absolute Gasteiger partial charge is 0.326 e. The summed E-state index contributed by atoms with van der Waals surface area (Å²) in [6.07, 6.45) is -0.000628. The van der Waals surface area contributed by atoms with Crippen LogP contribution in [0.3, 0.4) is 0 Å². The average Bonchev–Trinajstić information content (AvgIpc) is 3.03. The lowest BCUT2D eigenvalue weighted by Crippen LogP contribution is -2.37. The monoisotopic (exact) mass is 609 g/mol. The number of benzene rings is 4. The fourth-order valence-corrected chi connectivity index (χ4v) is 6.18. The first-order valence-corrected chi connectivity index (χ1v) is 14.4. The molecular weight excluding hydrogens is 578 g/mol. The molecule has 11 nitrogen and oxygen atoms in total. The summed E-state index contributed by atoms with van der Waals surface area (Å²) in [7, 11) is 2.02. The molecule has 0 fully saturated rings. The minimum atomic E-state index is -4.52. The van der Waals surface area contributed by atoms with Gasteiger partial charge in [0.25, 0.3) is 10.0 Å². The lowest BCUT2D eigenvalue weighted by atomic mass is 10.1. The molecule has 0 heterocycles. The first-order valence-electron chi connectivity index (χ1n) is 12.9. The lowest BCUT2D eigenvalue weighted by Gasteiger charge is -2.27. The maximum Gasteiger partial charge on any atom is 0.326 e. The Morgan fingerprint density at radius 3 is 1.88 bits per heavy atom. The minimum absolute atomic E-state index is 0.000628. The molecule has 0 radical (unpaired) electrons. The van der Waals surface area contributed by atoms with Crippen LogP contribution in [0, 0.1) is 0 Å². The number of para-hydroxylation sites is 1. The van der Waals surface area contributed by atoms with Gasteiger partial charge in [0, 0.05) is 28.5 Å². The number of methoxy groups -OCH3 is 5. The molecule has 0 amide bonds. The molecule has 0 saturated heterocycles. The van der Waals surface area contributed by atoms with Crippen LogP contribution >= 0.6 is 0 Å². The van der Waals surface area contributed by atoms with E-state index >= 15 is 0 Å². The molecule has 0 N–H and O–H groups in total. The topological polar surface area (TPSA) is 127 Å². The summed E-state index contributed by atoms with van der Waals surface area (Å²) in [5.74, 6) is -0.175.